The molecule has 0 aromatic rings. The third-order valence-electron chi connectivity index (χ3n) is 0. The zero-order valence-electron chi connectivity index (χ0n) is 2.15. The fraction of sp³-hybridized carbons (Fsp3) is 0. The summed E-state index contributed by atoms with van der Waals surface area (Å²) in [6.45, 7) is 0. The SMILES string of the molecule is [Co].[O-2].[O-2].[Si].[Zr+4]. The minimum atomic E-state index is 0. The Morgan fingerprint density at radius 2 is 0.800 bits per heavy atom. The molecule has 0 fully saturated rings. The number of rotatable bonds is 0. The van der Waals surface area contributed by atoms with Crippen LogP contribution in [0.4, 0.5) is 0 Å². The van der Waals surface area contributed by atoms with Crippen LogP contribution in [0.1, 0.15) is 0 Å². The third-order valence-corrected chi connectivity index (χ3v) is 0. The van der Waals surface area contributed by atoms with Crippen molar-refractivity contribution in [2.45, 2.75) is 0 Å². The Hall–Kier alpha value is 1.53. The molecular formula is CoO2SiZr. The first-order chi connectivity index (χ1) is 0. The second kappa shape index (κ2) is 48.6. The van der Waals surface area contributed by atoms with Crippen molar-refractivity contribution in [3.63, 3.8) is 0 Å². The average molecular weight is 210 g/mol. The number of hydrogen-bond acceptors (Lipinski definition) is 0. The maximum Gasteiger partial charge on any atom is 4.00 e. The van der Waals surface area contributed by atoms with Crippen LogP contribution in [0.2, 0.25) is 0 Å². The van der Waals surface area contributed by atoms with E-state index in [-0.39, 0.29) is 64.9 Å². The molecule has 0 rings (SSSR count). The van der Waals surface area contributed by atoms with E-state index in [1.807, 2.05) is 0 Å². The molecule has 0 N–H and O–H groups in total. The van der Waals surface area contributed by atoms with Crippen LogP contribution in [0, 0.1) is 0 Å². The first kappa shape index (κ1) is 85.5. The fourth-order valence-electron chi connectivity index (χ4n) is 0. The van der Waals surface area contributed by atoms with E-state index in [0.717, 1.165) is 0 Å². The zero-order chi connectivity index (χ0) is 0. The molecule has 0 saturated carbocycles. The Labute approximate surface area is 64.7 Å². The molecule has 5 heavy (non-hydrogen) atoms. The fourth-order valence-corrected chi connectivity index (χ4v) is 0. The largest absolute Gasteiger partial charge is 4.00 e. The normalized spacial score (nSPS) is 0. The van der Waals surface area contributed by atoms with Gasteiger partial charge in [0.15, 0.2) is 0 Å². The first-order valence-electron chi connectivity index (χ1n) is 0. The first-order valence-corrected chi connectivity index (χ1v) is 0. The van der Waals surface area contributed by atoms with E-state index >= 15 is 0 Å². The molecule has 0 bridgehead atoms. The van der Waals surface area contributed by atoms with Crippen molar-refractivity contribution in [3.8, 4) is 0 Å². The Bertz CT molecular complexity index is 9.61. The van der Waals surface area contributed by atoms with Crippen LogP contribution in [0.3, 0.4) is 0 Å². The smallest absolute Gasteiger partial charge is 2.00 e. The van der Waals surface area contributed by atoms with Gasteiger partial charge in [-0.05, 0) is 0 Å². The van der Waals surface area contributed by atoms with Gasteiger partial charge in [-0.15, -0.1) is 0 Å². The van der Waals surface area contributed by atoms with Gasteiger partial charge in [-0.25, -0.2) is 0 Å². The van der Waals surface area contributed by atoms with Crippen molar-refractivity contribution in [1.29, 1.82) is 0 Å². The van der Waals surface area contributed by atoms with Gasteiger partial charge in [0.1, 0.15) is 0 Å². The van der Waals surface area contributed by atoms with Crippen molar-refractivity contribution in [3.05, 3.63) is 0 Å². The standard InChI is InChI=1S/Co.2O.Si.Zr/q;2*-2;;+4. The van der Waals surface area contributed by atoms with Crippen LogP contribution >= 0.6 is 0 Å². The van der Waals surface area contributed by atoms with Crippen LogP contribution in [-0.2, 0) is 53.9 Å². The molecule has 0 aromatic carbocycles. The van der Waals surface area contributed by atoms with E-state index in [1.54, 1.807) is 0 Å². The molecule has 0 spiro atoms. The van der Waals surface area contributed by atoms with Crippen molar-refractivity contribution >= 4 is 11.0 Å². The summed E-state index contributed by atoms with van der Waals surface area (Å²) in [6.07, 6.45) is 0. The van der Waals surface area contributed by atoms with E-state index in [4.69, 9.17) is 0 Å². The van der Waals surface area contributed by atoms with Gasteiger partial charge in [-0.2, -0.15) is 0 Å². The second-order valence-corrected chi connectivity index (χ2v) is 0. The average Bonchev–Trinajstić information content (AvgIpc) is 0. The van der Waals surface area contributed by atoms with Crippen molar-refractivity contribution < 1.29 is 53.9 Å². The predicted octanol–water partition coefficient (Wildman–Crippen LogP) is -0.623. The Morgan fingerprint density at radius 1 is 0.800 bits per heavy atom. The molecule has 0 aliphatic rings. The van der Waals surface area contributed by atoms with Gasteiger partial charge in [0.25, 0.3) is 0 Å². The van der Waals surface area contributed by atoms with Gasteiger partial charge in [-0.3, -0.25) is 0 Å². The van der Waals surface area contributed by atoms with E-state index < -0.39 is 0 Å². The predicted molar refractivity (Wildman–Crippen MR) is 7.13 cm³/mol. The topological polar surface area (TPSA) is 57.0 Å². The molecule has 29 valence electrons. The van der Waals surface area contributed by atoms with Crippen molar-refractivity contribution in [2.24, 2.45) is 0 Å². The molecule has 5 radical (unpaired) electrons. The van der Waals surface area contributed by atoms with Crippen LogP contribution in [0.25, 0.3) is 0 Å². The monoisotopic (exact) mass is 209 g/mol. The molecule has 2 nitrogen and oxygen atoms in total. The summed E-state index contributed by atoms with van der Waals surface area (Å²) in [5, 5.41) is 0. The molecule has 0 unspecified atom stereocenters. The van der Waals surface area contributed by atoms with Gasteiger partial charge in [0.05, 0.1) is 0 Å². The second-order valence-electron chi connectivity index (χ2n) is 0. The molecule has 0 saturated heterocycles. The number of hydrogen-bond donors (Lipinski definition) is 0. The van der Waals surface area contributed by atoms with Crippen LogP contribution in [0.15, 0.2) is 0 Å². The molecule has 0 atom stereocenters. The summed E-state index contributed by atoms with van der Waals surface area (Å²) < 4.78 is 0. The quantitative estimate of drug-likeness (QED) is 0.478. The molecule has 5 heteroatoms. The maximum atomic E-state index is 0. The van der Waals surface area contributed by atoms with Crippen LogP contribution < -0.4 is 0 Å². The third kappa shape index (κ3) is 29.5. The summed E-state index contributed by atoms with van der Waals surface area (Å²) in [6, 6.07) is 0. The molecular weight excluding hydrogens is 210 g/mol. The maximum absolute atomic E-state index is 0. The van der Waals surface area contributed by atoms with Gasteiger partial charge < -0.3 is 11.0 Å². The van der Waals surface area contributed by atoms with E-state index in [1.165, 1.54) is 0 Å². The minimum Gasteiger partial charge on any atom is -2.00 e. The van der Waals surface area contributed by atoms with Gasteiger partial charge in [-0.1, -0.05) is 0 Å². The molecule has 0 heterocycles. The van der Waals surface area contributed by atoms with E-state index in [9.17, 15) is 0 Å². The Balaban J connectivity index is 0. The summed E-state index contributed by atoms with van der Waals surface area (Å²) in [4.78, 5) is 0. The Morgan fingerprint density at radius 3 is 0.800 bits per heavy atom. The summed E-state index contributed by atoms with van der Waals surface area (Å²) >= 11 is 0. The van der Waals surface area contributed by atoms with Crippen molar-refractivity contribution in [2.75, 3.05) is 0 Å². The van der Waals surface area contributed by atoms with E-state index in [2.05, 4.69) is 0 Å². The van der Waals surface area contributed by atoms with Gasteiger partial charge in [0, 0.05) is 27.7 Å². The zero-order valence-corrected chi connectivity index (χ0v) is 6.65. The molecule has 0 aliphatic heterocycles. The van der Waals surface area contributed by atoms with Crippen molar-refractivity contribution in [1.82, 2.24) is 0 Å². The minimum absolute atomic E-state index is 0. The summed E-state index contributed by atoms with van der Waals surface area (Å²) in [5.74, 6) is 0. The molecule has 0 amide bonds. The Kier molecular flexibility index (Phi) is 831. The molecule has 0 aromatic heterocycles. The summed E-state index contributed by atoms with van der Waals surface area (Å²) in [7, 11) is 0. The van der Waals surface area contributed by atoms with Crippen LogP contribution in [0.5, 0.6) is 0 Å². The molecule has 0 aliphatic carbocycles. The van der Waals surface area contributed by atoms with Gasteiger partial charge in [0.2, 0.25) is 0 Å². The van der Waals surface area contributed by atoms with E-state index in [0.29, 0.717) is 0 Å². The summed E-state index contributed by atoms with van der Waals surface area (Å²) in [5.41, 5.74) is 0. The van der Waals surface area contributed by atoms with Crippen LogP contribution in [-0.4, -0.2) is 11.0 Å². The van der Waals surface area contributed by atoms with Gasteiger partial charge >= 0.3 is 26.2 Å².